The highest BCUT2D eigenvalue weighted by molar-refractivity contribution is 9.09. The average molecular weight is 279 g/mol. The maximum absolute atomic E-state index is 5.80. The molecule has 3 heteroatoms. The predicted octanol–water partition coefficient (Wildman–Crippen LogP) is 3.10. The van der Waals surface area contributed by atoms with Crippen LogP contribution in [-0.4, -0.2) is 31.8 Å². The molecule has 0 amide bonds. The molecule has 0 aliphatic carbocycles. The van der Waals surface area contributed by atoms with E-state index in [1.54, 1.807) is 0 Å². The smallest absolute Gasteiger partial charge is 0.0504 e. The van der Waals surface area contributed by atoms with Gasteiger partial charge in [0, 0.05) is 25.2 Å². The lowest BCUT2D eigenvalue weighted by Crippen LogP contribution is -2.23. The molecular formula is C12H23BrO2. The fourth-order valence-electron chi connectivity index (χ4n) is 1.71. The van der Waals surface area contributed by atoms with Crippen molar-refractivity contribution in [2.75, 3.05) is 31.8 Å². The highest BCUT2D eigenvalue weighted by Gasteiger charge is 2.16. The van der Waals surface area contributed by atoms with Crippen LogP contribution < -0.4 is 0 Å². The Bertz CT molecular complexity index is 156. The molecule has 0 aromatic rings. The number of alkyl halides is 1. The van der Waals surface area contributed by atoms with E-state index >= 15 is 0 Å². The highest BCUT2D eigenvalue weighted by atomic mass is 79.9. The molecule has 0 bridgehead atoms. The Morgan fingerprint density at radius 2 is 2.00 bits per heavy atom. The Balaban J connectivity index is 2.08. The van der Waals surface area contributed by atoms with Gasteiger partial charge in [0.05, 0.1) is 6.61 Å². The van der Waals surface area contributed by atoms with Crippen LogP contribution >= 0.6 is 15.9 Å². The molecule has 1 aliphatic heterocycles. The summed E-state index contributed by atoms with van der Waals surface area (Å²) in [5.74, 6) is 2.06. The third-order valence-electron chi connectivity index (χ3n) is 3.17. The first-order chi connectivity index (χ1) is 7.24. The molecule has 0 aromatic carbocycles. The first-order valence-corrected chi connectivity index (χ1v) is 7.07. The van der Waals surface area contributed by atoms with E-state index in [1.807, 2.05) is 0 Å². The van der Waals surface area contributed by atoms with Crippen LogP contribution in [0.25, 0.3) is 0 Å². The van der Waals surface area contributed by atoms with Gasteiger partial charge in [-0.25, -0.2) is 0 Å². The number of hydrogen-bond acceptors (Lipinski definition) is 2. The van der Waals surface area contributed by atoms with E-state index in [2.05, 4.69) is 29.8 Å². The molecular weight excluding hydrogens is 256 g/mol. The minimum atomic E-state index is 0.643. The minimum absolute atomic E-state index is 0.643. The fraction of sp³-hybridized carbons (Fsp3) is 1.00. The lowest BCUT2D eigenvalue weighted by atomic mass is 9.99. The van der Waals surface area contributed by atoms with Gasteiger partial charge in [0.15, 0.2) is 0 Å². The Kier molecular flexibility index (Phi) is 6.86. The third-order valence-corrected chi connectivity index (χ3v) is 4.00. The molecule has 90 valence electrons. The van der Waals surface area contributed by atoms with Crippen molar-refractivity contribution in [2.45, 2.75) is 26.7 Å². The molecule has 15 heavy (non-hydrogen) atoms. The van der Waals surface area contributed by atoms with Crippen molar-refractivity contribution in [3.8, 4) is 0 Å². The van der Waals surface area contributed by atoms with Gasteiger partial charge in [-0.05, 0) is 30.6 Å². The topological polar surface area (TPSA) is 18.5 Å². The van der Waals surface area contributed by atoms with E-state index in [1.165, 1.54) is 12.8 Å². The second kappa shape index (κ2) is 7.64. The molecule has 0 saturated carbocycles. The Labute approximate surface area is 102 Å². The van der Waals surface area contributed by atoms with Gasteiger partial charge in [-0.15, -0.1) is 0 Å². The second-order valence-electron chi connectivity index (χ2n) is 4.75. The zero-order chi connectivity index (χ0) is 11.1. The Hall–Kier alpha value is 0.400. The third kappa shape index (κ3) is 5.32. The van der Waals surface area contributed by atoms with E-state index in [0.717, 1.165) is 37.7 Å². The van der Waals surface area contributed by atoms with Crippen molar-refractivity contribution < 1.29 is 9.47 Å². The zero-order valence-electron chi connectivity index (χ0n) is 9.88. The largest absolute Gasteiger partial charge is 0.381 e. The van der Waals surface area contributed by atoms with Crippen molar-refractivity contribution in [2.24, 2.45) is 17.8 Å². The molecule has 1 heterocycles. The maximum atomic E-state index is 5.80. The van der Waals surface area contributed by atoms with Crippen molar-refractivity contribution >= 4 is 15.9 Å². The molecule has 1 fully saturated rings. The molecule has 2 nitrogen and oxygen atoms in total. The lowest BCUT2D eigenvalue weighted by molar-refractivity contribution is 0.00951. The zero-order valence-corrected chi connectivity index (χ0v) is 11.5. The van der Waals surface area contributed by atoms with Crippen LogP contribution in [0.3, 0.4) is 0 Å². The fourth-order valence-corrected chi connectivity index (χ4v) is 2.65. The van der Waals surface area contributed by atoms with Gasteiger partial charge in [0.25, 0.3) is 0 Å². The van der Waals surface area contributed by atoms with E-state index in [-0.39, 0.29) is 0 Å². The predicted molar refractivity (Wildman–Crippen MR) is 66.5 cm³/mol. The van der Waals surface area contributed by atoms with Gasteiger partial charge >= 0.3 is 0 Å². The van der Waals surface area contributed by atoms with Crippen LogP contribution in [0, 0.1) is 17.8 Å². The first kappa shape index (κ1) is 13.5. The quantitative estimate of drug-likeness (QED) is 0.696. The van der Waals surface area contributed by atoms with E-state index in [4.69, 9.17) is 9.47 Å². The molecule has 1 rings (SSSR count). The van der Waals surface area contributed by atoms with Crippen LogP contribution in [-0.2, 0) is 9.47 Å². The van der Waals surface area contributed by atoms with E-state index in [9.17, 15) is 0 Å². The summed E-state index contributed by atoms with van der Waals surface area (Å²) in [6.45, 7) is 8.15. The number of hydrogen-bond donors (Lipinski definition) is 0. The van der Waals surface area contributed by atoms with Crippen molar-refractivity contribution in [3.63, 3.8) is 0 Å². The number of ether oxygens (including phenoxy) is 2. The summed E-state index contributed by atoms with van der Waals surface area (Å²) in [6.07, 6.45) is 2.33. The van der Waals surface area contributed by atoms with E-state index in [0.29, 0.717) is 11.8 Å². The SMILES string of the molecule is CC(C)C(CBr)COCC1CCOCC1. The van der Waals surface area contributed by atoms with Gasteiger partial charge in [-0.3, -0.25) is 0 Å². The van der Waals surface area contributed by atoms with Crippen molar-refractivity contribution in [1.29, 1.82) is 0 Å². The van der Waals surface area contributed by atoms with Gasteiger partial charge in [-0.1, -0.05) is 29.8 Å². The normalized spacial score (nSPS) is 20.8. The molecule has 1 saturated heterocycles. The van der Waals surface area contributed by atoms with E-state index < -0.39 is 0 Å². The van der Waals surface area contributed by atoms with Crippen LogP contribution in [0.15, 0.2) is 0 Å². The minimum Gasteiger partial charge on any atom is -0.381 e. The Morgan fingerprint density at radius 3 is 2.53 bits per heavy atom. The molecule has 0 radical (unpaired) electrons. The van der Waals surface area contributed by atoms with Gasteiger partial charge in [0.1, 0.15) is 0 Å². The molecule has 0 N–H and O–H groups in total. The summed E-state index contributed by atoms with van der Waals surface area (Å²) in [4.78, 5) is 0. The summed E-state index contributed by atoms with van der Waals surface area (Å²) in [7, 11) is 0. The highest BCUT2D eigenvalue weighted by Crippen LogP contribution is 2.17. The number of halogens is 1. The van der Waals surface area contributed by atoms with Crippen LogP contribution in [0.5, 0.6) is 0 Å². The summed E-state index contributed by atoms with van der Waals surface area (Å²) in [5.41, 5.74) is 0. The lowest BCUT2D eigenvalue weighted by Gasteiger charge is -2.24. The summed E-state index contributed by atoms with van der Waals surface area (Å²) in [6, 6.07) is 0. The van der Waals surface area contributed by atoms with Crippen LogP contribution in [0.1, 0.15) is 26.7 Å². The number of rotatable bonds is 6. The first-order valence-electron chi connectivity index (χ1n) is 5.95. The van der Waals surface area contributed by atoms with Crippen molar-refractivity contribution in [1.82, 2.24) is 0 Å². The van der Waals surface area contributed by atoms with Gasteiger partial charge in [0.2, 0.25) is 0 Å². The summed E-state index contributed by atoms with van der Waals surface area (Å²) < 4.78 is 11.1. The summed E-state index contributed by atoms with van der Waals surface area (Å²) in [5, 5.41) is 1.04. The van der Waals surface area contributed by atoms with Gasteiger partial charge in [-0.2, -0.15) is 0 Å². The summed E-state index contributed by atoms with van der Waals surface area (Å²) >= 11 is 3.54. The Morgan fingerprint density at radius 1 is 1.33 bits per heavy atom. The molecule has 1 aliphatic rings. The average Bonchev–Trinajstić information content (AvgIpc) is 2.25. The molecule has 0 spiro atoms. The maximum Gasteiger partial charge on any atom is 0.0504 e. The van der Waals surface area contributed by atoms with Crippen molar-refractivity contribution in [3.05, 3.63) is 0 Å². The van der Waals surface area contributed by atoms with Crippen LogP contribution in [0.2, 0.25) is 0 Å². The van der Waals surface area contributed by atoms with Gasteiger partial charge < -0.3 is 9.47 Å². The molecule has 0 aromatic heterocycles. The molecule has 1 unspecified atom stereocenters. The van der Waals surface area contributed by atoms with Crippen LogP contribution in [0.4, 0.5) is 0 Å². The standard InChI is InChI=1S/C12H23BrO2/c1-10(2)12(7-13)9-15-8-11-3-5-14-6-4-11/h10-12H,3-9H2,1-2H3. The second-order valence-corrected chi connectivity index (χ2v) is 5.40. The monoisotopic (exact) mass is 278 g/mol. The molecule has 1 atom stereocenters.